The minimum absolute atomic E-state index is 0.455. The van der Waals surface area contributed by atoms with Crippen molar-refractivity contribution in [3.8, 4) is 0 Å². The Bertz CT molecular complexity index is 473. The number of hydrogen-bond acceptors (Lipinski definition) is 2. The third kappa shape index (κ3) is 1.20. The quantitative estimate of drug-likeness (QED) is 0.781. The highest BCUT2D eigenvalue weighted by atomic mass is 35.5. The lowest BCUT2D eigenvalue weighted by Gasteiger charge is -2.23. The summed E-state index contributed by atoms with van der Waals surface area (Å²) in [6.45, 7) is 0. The Labute approximate surface area is 86.5 Å². The maximum Gasteiger partial charge on any atom is 0.160 e. The van der Waals surface area contributed by atoms with Gasteiger partial charge in [-0.3, -0.25) is 0 Å². The molecule has 1 fully saturated rings. The summed E-state index contributed by atoms with van der Waals surface area (Å²) in [4.78, 5) is 3.29. The number of aromatic amines is 1. The van der Waals surface area contributed by atoms with Crippen LogP contribution in [0.4, 0.5) is 0 Å². The zero-order chi connectivity index (χ0) is 9.54. The Morgan fingerprint density at radius 2 is 2.14 bits per heavy atom. The standard InChI is InChI=1S/C10H10ClN3/c11-9-5-7-4-8(6-2-1-3-6)12-10(7)14-13-9/h4-6H,1-3H2,(H,12,14). The van der Waals surface area contributed by atoms with Crippen LogP contribution in [0.5, 0.6) is 0 Å². The molecule has 1 aliphatic rings. The highest BCUT2D eigenvalue weighted by Gasteiger charge is 2.21. The predicted molar refractivity (Wildman–Crippen MR) is 55.5 cm³/mol. The summed E-state index contributed by atoms with van der Waals surface area (Å²) in [5, 5.41) is 9.33. The molecule has 0 aliphatic heterocycles. The Kier molecular flexibility index (Phi) is 1.74. The molecule has 0 unspecified atom stereocenters. The lowest BCUT2D eigenvalue weighted by molar-refractivity contribution is 0.413. The molecule has 72 valence electrons. The number of aromatic nitrogens is 3. The van der Waals surface area contributed by atoms with Crippen LogP contribution in [-0.4, -0.2) is 15.2 Å². The van der Waals surface area contributed by atoms with Crippen molar-refractivity contribution in [2.24, 2.45) is 0 Å². The zero-order valence-corrected chi connectivity index (χ0v) is 8.38. The third-order valence-corrected chi connectivity index (χ3v) is 3.10. The van der Waals surface area contributed by atoms with Crippen LogP contribution < -0.4 is 0 Å². The van der Waals surface area contributed by atoms with Gasteiger partial charge in [0.25, 0.3) is 0 Å². The van der Waals surface area contributed by atoms with Crippen LogP contribution in [0.25, 0.3) is 11.0 Å². The van der Waals surface area contributed by atoms with Gasteiger partial charge in [-0.05, 0) is 30.9 Å². The first-order valence-corrected chi connectivity index (χ1v) is 5.22. The highest BCUT2D eigenvalue weighted by molar-refractivity contribution is 6.29. The molecule has 1 saturated carbocycles. The molecule has 3 nitrogen and oxygen atoms in total. The van der Waals surface area contributed by atoms with Crippen molar-refractivity contribution in [3.05, 3.63) is 23.0 Å². The lowest BCUT2D eigenvalue weighted by Crippen LogP contribution is -2.08. The van der Waals surface area contributed by atoms with Gasteiger partial charge >= 0.3 is 0 Å². The first kappa shape index (κ1) is 8.24. The fourth-order valence-electron chi connectivity index (χ4n) is 1.87. The zero-order valence-electron chi connectivity index (χ0n) is 7.63. The maximum atomic E-state index is 5.77. The molecule has 0 atom stereocenters. The number of rotatable bonds is 1. The molecule has 14 heavy (non-hydrogen) atoms. The van der Waals surface area contributed by atoms with Crippen LogP contribution in [0.15, 0.2) is 12.1 Å². The Balaban J connectivity index is 2.10. The van der Waals surface area contributed by atoms with E-state index in [1.165, 1.54) is 25.0 Å². The fraction of sp³-hybridized carbons (Fsp3) is 0.400. The van der Waals surface area contributed by atoms with Gasteiger partial charge in [0.05, 0.1) is 0 Å². The summed E-state index contributed by atoms with van der Waals surface area (Å²) in [7, 11) is 0. The monoisotopic (exact) mass is 207 g/mol. The van der Waals surface area contributed by atoms with Gasteiger partial charge in [0.15, 0.2) is 10.8 Å². The molecule has 0 spiro atoms. The van der Waals surface area contributed by atoms with E-state index >= 15 is 0 Å². The second kappa shape index (κ2) is 2.95. The summed E-state index contributed by atoms with van der Waals surface area (Å²) in [6.07, 6.45) is 3.91. The van der Waals surface area contributed by atoms with Crippen molar-refractivity contribution in [1.82, 2.24) is 15.2 Å². The van der Waals surface area contributed by atoms with E-state index in [1.807, 2.05) is 6.07 Å². The number of H-pyrrole nitrogens is 1. The van der Waals surface area contributed by atoms with Crippen molar-refractivity contribution in [3.63, 3.8) is 0 Å². The van der Waals surface area contributed by atoms with Crippen LogP contribution in [0.1, 0.15) is 30.9 Å². The van der Waals surface area contributed by atoms with Crippen molar-refractivity contribution >= 4 is 22.6 Å². The first-order chi connectivity index (χ1) is 6.83. The summed E-state index contributed by atoms with van der Waals surface area (Å²) in [5.74, 6) is 0.697. The van der Waals surface area contributed by atoms with E-state index in [4.69, 9.17) is 11.6 Å². The van der Waals surface area contributed by atoms with Gasteiger partial charge in [0.1, 0.15) is 0 Å². The normalized spacial score (nSPS) is 17.2. The average molecular weight is 208 g/mol. The van der Waals surface area contributed by atoms with Gasteiger partial charge in [-0.15, -0.1) is 10.2 Å². The Morgan fingerprint density at radius 1 is 1.29 bits per heavy atom. The molecule has 0 amide bonds. The van der Waals surface area contributed by atoms with E-state index in [2.05, 4.69) is 21.2 Å². The van der Waals surface area contributed by atoms with Crippen LogP contribution in [0.3, 0.4) is 0 Å². The summed E-state index contributed by atoms with van der Waals surface area (Å²) < 4.78 is 0. The third-order valence-electron chi connectivity index (χ3n) is 2.91. The minimum atomic E-state index is 0.455. The van der Waals surface area contributed by atoms with E-state index in [0.29, 0.717) is 11.1 Å². The lowest BCUT2D eigenvalue weighted by atomic mass is 9.83. The number of fused-ring (bicyclic) bond motifs is 1. The van der Waals surface area contributed by atoms with Crippen molar-refractivity contribution < 1.29 is 0 Å². The first-order valence-electron chi connectivity index (χ1n) is 4.85. The molecule has 0 bridgehead atoms. The summed E-state index contributed by atoms with van der Waals surface area (Å²) in [5.41, 5.74) is 2.12. The molecule has 4 heteroatoms. The molecule has 2 aromatic rings. The van der Waals surface area contributed by atoms with Crippen LogP contribution in [0, 0.1) is 0 Å². The van der Waals surface area contributed by atoms with E-state index in [9.17, 15) is 0 Å². The van der Waals surface area contributed by atoms with Gasteiger partial charge in [0, 0.05) is 11.1 Å². The van der Waals surface area contributed by atoms with E-state index in [-0.39, 0.29) is 0 Å². The van der Waals surface area contributed by atoms with Gasteiger partial charge in [0.2, 0.25) is 0 Å². The molecule has 3 rings (SSSR count). The fourth-order valence-corrected chi connectivity index (χ4v) is 2.02. The van der Waals surface area contributed by atoms with E-state index in [0.717, 1.165) is 11.0 Å². The maximum absolute atomic E-state index is 5.77. The van der Waals surface area contributed by atoms with Crippen LogP contribution >= 0.6 is 11.6 Å². The molecule has 1 N–H and O–H groups in total. The molecule has 0 saturated heterocycles. The summed E-state index contributed by atoms with van der Waals surface area (Å²) in [6, 6.07) is 3.99. The molecule has 2 heterocycles. The molecule has 1 aliphatic carbocycles. The van der Waals surface area contributed by atoms with Crippen molar-refractivity contribution in [2.45, 2.75) is 25.2 Å². The number of hydrogen-bond donors (Lipinski definition) is 1. The SMILES string of the molecule is Clc1cc2cc(C3CCC3)[nH]c2nn1. The Hall–Kier alpha value is -1.09. The topological polar surface area (TPSA) is 41.6 Å². The molecule has 2 aromatic heterocycles. The van der Waals surface area contributed by atoms with Gasteiger partial charge in [-0.2, -0.15) is 0 Å². The number of halogens is 1. The molecule has 0 radical (unpaired) electrons. The minimum Gasteiger partial charge on any atom is -0.342 e. The second-order valence-electron chi connectivity index (χ2n) is 3.82. The van der Waals surface area contributed by atoms with E-state index in [1.54, 1.807) is 0 Å². The van der Waals surface area contributed by atoms with Crippen LogP contribution in [0.2, 0.25) is 5.15 Å². The van der Waals surface area contributed by atoms with Crippen molar-refractivity contribution in [2.75, 3.05) is 0 Å². The van der Waals surface area contributed by atoms with Gasteiger partial charge < -0.3 is 4.98 Å². The highest BCUT2D eigenvalue weighted by Crippen LogP contribution is 2.36. The van der Waals surface area contributed by atoms with Gasteiger partial charge in [-0.25, -0.2) is 0 Å². The smallest absolute Gasteiger partial charge is 0.160 e. The Morgan fingerprint density at radius 3 is 2.86 bits per heavy atom. The van der Waals surface area contributed by atoms with Gasteiger partial charge in [-0.1, -0.05) is 18.0 Å². The second-order valence-corrected chi connectivity index (χ2v) is 4.21. The summed E-state index contributed by atoms with van der Waals surface area (Å²) >= 11 is 5.77. The van der Waals surface area contributed by atoms with Crippen molar-refractivity contribution in [1.29, 1.82) is 0 Å². The number of nitrogens with one attached hydrogen (secondary N) is 1. The molecular weight excluding hydrogens is 198 g/mol. The largest absolute Gasteiger partial charge is 0.342 e. The number of nitrogens with zero attached hydrogens (tertiary/aromatic N) is 2. The average Bonchev–Trinajstić information content (AvgIpc) is 2.43. The van der Waals surface area contributed by atoms with Crippen LogP contribution in [-0.2, 0) is 0 Å². The molecular formula is C10H10ClN3. The molecule has 0 aromatic carbocycles. The van der Waals surface area contributed by atoms with E-state index < -0.39 is 0 Å². The predicted octanol–water partition coefficient (Wildman–Crippen LogP) is 2.88.